The minimum absolute atomic E-state index is 0.0241. The van der Waals surface area contributed by atoms with E-state index in [1.54, 1.807) is 13.0 Å². The third-order valence-electron chi connectivity index (χ3n) is 1.98. The fraction of sp³-hybridized carbons (Fsp3) is 0.273. The molecule has 1 N–H and O–H groups in total. The van der Waals surface area contributed by atoms with Crippen molar-refractivity contribution in [2.24, 2.45) is 0 Å². The van der Waals surface area contributed by atoms with Gasteiger partial charge in [0.05, 0.1) is 23.4 Å². The predicted octanol–water partition coefficient (Wildman–Crippen LogP) is 3.15. The lowest BCUT2D eigenvalue weighted by Gasteiger charge is -2.10. The van der Waals surface area contributed by atoms with Gasteiger partial charge in [-0.05, 0) is 25.1 Å². The van der Waals surface area contributed by atoms with Crippen LogP contribution in [0.15, 0.2) is 18.2 Å². The largest absolute Gasteiger partial charge is 0.450 e. The van der Waals surface area contributed by atoms with E-state index in [1.807, 2.05) is 0 Å². The molecular formula is C11H9F3N2O2. The first-order valence-corrected chi connectivity index (χ1v) is 4.93. The fourth-order valence-electron chi connectivity index (χ4n) is 1.20. The van der Waals surface area contributed by atoms with Gasteiger partial charge in [-0.2, -0.15) is 18.4 Å². The molecule has 4 nitrogen and oxygen atoms in total. The van der Waals surface area contributed by atoms with Crippen LogP contribution in [-0.4, -0.2) is 12.7 Å². The smallest absolute Gasteiger partial charge is 0.416 e. The maximum Gasteiger partial charge on any atom is 0.416 e. The van der Waals surface area contributed by atoms with Crippen molar-refractivity contribution in [2.75, 3.05) is 11.9 Å². The Balaban J connectivity index is 3.02. The zero-order valence-corrected chi connectivity index (χ0v) is 9.34. The molecule has 0 radical (unpaired) electrons. The highest BCUT2D eigenvalue weighted by molar-refractivity contribution is 5.86. The lowest BCUT2D eigenvalue weighted by Crippen LogP contribution is -2.15. The second kappa shape index (κ2) is 5.40. The molecule has 1 aromatic rings. The third-order valence-corrected chi connectivity index (χ3v) is 1.98. The predicted molar refractivity (Wildman–Crippen MR) is 56.8 cm³/mol. The van der Waals surface area contributed by atoms with Crippen LogP contribution in [0.25, 0.3) is 0 Å². The number of alkyl halides is 3. The molecule has 1 amide bonds. The molecule has 0 heterocycles. The molecule has 0 aliphatic carbocycles. The molecule has 0 atom stereocenters. The van der Waals surface area contributed by atoms with E-state index in [1.165, 1.54) is 0 Å². The van der Waals surface area contributed by atoms with Crippen LogP contribution in [0.2, 0.25) is 0 Å². The van der Waals surface area contributed by atoms with Crippen molar-refractivity contribution in [3.63, 3.8) is 0 Å². The van der Waals surface area contributed by atoms with E-state index in [4.69, 9.17) is 5.26 Å². The Labute approximate surface area is 101 Å². The van der Waals surface area contributed by atoms with E-state index in [0.717, 1.165) is 12.1 Å². The summed E-state index contributed by atoms with van der Waals surface area (Å²) in [6.45, 7) is 1.70. The summed E-state index contributed by atoms with van der Waals surface area (Å²) in [6, 6.07) is 4.05. The number of hydrogen-bond acceptors (Lipinski definition) is 3. The van der Waals surface area contributed by atoms with Crippen molar-refractivity contribution in [3.05, 3.63) is 29.3 Å². The Morgan fingerprint density at radius 3 is 2.67 bits per heavy atom. The number of nitriles is 1. The number of nitrogens with one attached hydrogen (secondary N) is 1. The third kappa shape index (κ3) is 3.38. The van der Waals surface area contributed by atoms with Gasteiger partial charge in [0.2, 0.25) is 0 Å². The molecule has 18 heavy (non-hydrogen) atoms. The van der Waals surface area contributed by atoms with E-state index in [-0.39, 0.29) is 17.9 Å². The number of carbonyl (C=O) groups is 1. The second-order valence-corrected chi connectivity index (χ2v) is 3.22. The Morgan fingerprint density at radius 2 is 2.17 bits per heavy atom. The van der Waals surface area contributed by atoms with Crippen LogP contribution in [0.5, 0.6) is 0 Å². The second-order valence-electron chi connectivity index (χ2n) is 3.22. The van der Waals surface area contributed by atoms with Gasteiger partial charge in [-0.3, -0.25) is 5.32 Å². The van der Waals surface area contributed by atoms with Gasteiger partial charge in [-0.15, -0.1) is 0 Å². The molecule has 1 aromatic carbocycles. The Bertz CT molecular complexity index is 492. The quantitative estimate of drug-likeness (QED) is 0.886. The molecule has 0 saturated heterocycles. The number of carbonyl (C=O) groups excluding carboxylic acids is 1. The SMILES string of the molecule is CCOC(=O)Nc1ccc(C(F)(F)F)cc1C#N. The van der Waals surface area contributed by atoms with Crippen LogP contribution in [-0.2, 0) is 10.9 Å². The van der Waals surface area contributed by atoms with Crippen LogP contribution in [0.3, 0.4) is 0 Å². The molecule has 1 rings (SSSR count). The number of nitrogens with zero attached hydrogens (tertiary/aromatic N) is 1. The molecule has 7 heteroatoms. The molecule has 0 aliphatic rings. The van der Waals surface area contributed by atoms with Gasteiger partial charge in [-0.25, -0.2) is 4.79 Å². The molecular weight excluding hydrogens is 249 g/mol. The minimum Gasteiger partial charge on any atom is -0.450 e. The van der Waals surface area contributed by atoms with Gasteiger partial charge >= 0.3 is 12.3 Å². The number of anilines is 1. The summed E-state index contributed by atoms with van der Waals surface area (Å²) in [7, 11) is 0. The zero-order chi connectivity index (χ0) is 13.8. The number of ether oxygens (including phenoxy) is 1. The molecule has 0 bridgehead atoms. The summed E-state index contributed by atoms with van der Waals surface area (Å²) in [6.07, 6.45) is -5.36. The van der Waals surface area contributed by atoms with Gasteiger partial charge in [-0.1, -0.05) is 0 Å². The van der Waals surface area contributed by atoms with Crippen LogP contribution in [0, 0.1) is 11.3 Å². The van der Waals surface area contributed by atoms with E-state index < -0.39 is 17.8 Å². The lowest BCUT2D eigenvalue weighted by atomic mass is 10.1. The van der Waals surface area contributed by atoms with Crippen molar-refractivity contribution in [1.82, 2.24) is 0 Å². The molecule has 0 spiro atoms. The molecule has 0 aromatic heterocycles. The number of halogens is 3. The highest BCUT2D eigenvalue weighted by Gasteiger charge is 2.31. The molecule has 0 saturated carbocycles. The van der Waals surface area contributed by atoms with E-state index in [9.17, 15) is 18.0 Å². The summed E-state index contributed by atoms with van der Waals surface area (Å²) < 4.78 is 41.8. The van der Waals surface area contributed by atoms with E-state index in [0.29, 0.717) is 6.07 Å². The zero-order valence-electron chi connectivity index (χ0n) is 9.34. The average molecular weight is 258 g/mol. The first-order chi connectivity index (χ1) is 8.38. The Morgan fingerprint density at radius 1 is 1.50 bits per heavy atom. The Hall–Kier alpha value is -2.23. The summed E-state index contributed by atoms with van der Waals surface area (Å²) >= 11 is 0. The standard InChI is InChI=1S/C11H9F3N2O2/c1-2-18-10(17)16-9-4-3-8(11(12,13)14)5-7(9)6-15/h3-5H,2H2,1H3,(H,16,17). The molecule has 96 valence electrons. The van der Waals surface area contributed by atoms with Crippen LogP contribution < -0.4 is 5.32 Å². The monoisotopic (exact) mass is 258 g/mol. The average Bonchev–Trinajstić information content (AvgIpc) is 2.28. The molecule has 0 unspecified atom stereocenters. The van der Waals surface area contributed by atoms with Crippen LogP contribution in [0.1, 0.15) is 18.1 Å². The fourth-order valence-corrected chi connectivity index (χ4v) is 1.20. The van der Waals surface area contributed by atoms with Crippen molar-refractivity contribution in [1.29, 1.82) is 5.26 Å². The van der Waals surface area contributed by atoms with Gasteiger partial charge in [0.25, 0.3) is 0 Å². The van der Waals surface area contributed by atoms with Crippen molar-refractivity contribution < 1.29 is 22.7 Å². The number of hydrogen-bond donors (Lipinski definition) is 1. The maximum atomic E-state index is 12.4. The summed E-state index contributed by atoms with van der Waals surface area (Å²) in [5.74, 6) is 0. The number of rotatable bonds is 2. The summed E-state index contributed by atoms with van der Waals surface area (Å²) in [4.78, 5) is 11.1. The first kappa shape index (κ1) is 13.8. The summed E-state index contributed by atoms with van der Waals surface area (Å²) in [5, 5.41) is 10.9. The lowest BCUT2D eigenvalue weighted by molar-refractivity contribution is -0.137. The molecule has 0 fully saturated rings. The van der Waals surface area contributed by atoms with Gasteiger partial charge in [0.15, 0.2) is 0 Å². The first-order valence-electron chi connectivity index (χ1n) is 4.93. The Kier molecular flexibility index (Phi) is 4.15. The van der Waals surface area contributed by atoms with E-state index in [2.05, 4.69) is 10.1 Å². The number of amides is 1. The van der Waals surface area contributed by atoms with E-state index >= 15 is 0 Å². The number of benzene rings is 1. The minimum atomic E-state index is -4.53. The topological polar surface area (TPSA) is 62.1 Å². The van der Waals surface area contributed by atoms with Gasteiger partial charge in [0, 0.05) is 0 Å². The van der Waals surface area contributed by atoms with Crippen LogP contribution in [0.4, 0.5) is 23.7 Å². The normalized spacial score (nSPS) is 10.6. The maximum absolute atomic E-state index is 12.4. The summed E-state index contributed by atoms with van der Waals surface area (Å²) in [5.41, 5.74) is -1.25. The highest BCUT2D eigenvalue weighted by Crippen LogP contribution is 2.31. The van der Waals surface area contributed by atoms with Gasteiger partial charge < -0.3 is 4.74 Å². The molecule has 0 aliphatic heterocycles. The van der Waals surface area contributed by atoms with Crippen molar-refractivity contribution in [3.8, 4) is 6.07 Å². The van der Waals surface area contributed by atoms with Crippen molar-refractivity contribution >= 4 is 11.8 Å². The van der Waals surface area contributed by atoms with Crippen LogP contribution >= 0.6 is 0 Å². The van der Waals surface area contributed by atoms with Gasteiger partial charge in [0.1, 0.15) is 6.07 Å². The van der Waals surface area contributed by atoms with Crippen molar-refractivity contribution in [2.45, 2.75) is 13.1 Å². The highest BCUT2D eigenvalue weighted by atomic mass is 19.4.